The van der Waals surface area contributed by atoms with Crippen LogP contribution in [0.5, 0.6) is 5.75 Å². The van der Waals surface area contributed by atoms with E-state index in [4.69, 9.17) is 4.74 Å². The lowest BCUT2D eigenvalue weighted by Crippen LogP contribution is -2.26. The number of alkyl halides is 3. The zero-order chi connectivity index (χ0) is 23.5. The van der Waals surface area contributed by atoms with Crippen LogP contribution in [-0.4, -0.2) is 28.5 Å². The second-order valence-corrected chi connectivity index (χ2v) is 8.70. The number of nitrogens with one attached hydrogen (secondary N) is 1. The quantitative estimate of drug-likeness (QED) is 0.569. The Kier molecular flexibility index (Phi) is 6.45. The van der Waals surface area contributed by atoms with Gasteiger partial charge in [0.05, 0.1) is 23.3 Å². The normalized spacial score (nSPS) is 11.7. The highest BCUT2D eigenvalue weighted by Gasteiger charge is 2.30. The highest BCUT2D eigenvalue weighted by molar-refractivity contribution is 7.92. The first-order chi connectivity index (χ1) is 15.0. The number of ether oxygens (including phenoxy) is 1. The average molecular weight is 464 g/mol. The molecule has 3 rings (SSSR count). The number of hydrogen-bond donors (Lipinski definition) is 1. The third-order valence-electron chi connectivity index (χ3n) is 4.64. The number of amides is 1. The van der Waals surface area contributed by atoms with E-state index in [2.05, 4.69) is 5.32 Å². The Labute approximate surface area is 183 Å². The van der Waals surface area contributed by atoms with Crippen molar-refractivity contribution in [2.45, 2.75) is 11.1 Å². The number of anilines is 2. The molecule has 3 aromatic rings. The smallest absolute Gasteiger partial charge is 0.416 e. The summed E-state index contributed by atoms with van der Waals surface area (Å²) in [5.74, 6) is -0.179. The second kappa shape index (κ2) is 8.91. The highest BCUT2D eigenvalue weighted by atomic mass is 32.2. The third kappa shape index (κ3) is 5.02. The summed E-state index contributed by atoms with van der Waals surface area (Å²) in [6, 6.07) is 15.8. The summed E-state index contributed by atoms with van der Waals surface area (Å²) < 4.78 is 70.8. The van der Waals surface area contributed by atoms with E-state index in [0.717, 1.165) is 22.5 Å². The largest absolute Gasteiger partial charge is 0.497 e. The van der Waals surface area contributed by atoms with Crippen molar-refractivity contribution in [2.24, 2.45) is 0 Å². The fourth-order valence-corrected chi connectivity index (χ4v) is 4.11. The number of sulfonamides is 1. The SMILES string of the molecule is COc1ccc(N(C)S(=O)(=O)c2cccc(C(=O)Nc3cccc(C(F)(F)F)c3)c2)cc1. The van der Waals surface area contributed by atoms with E-state index in [9.17, 15) is 26.4 Å². The summed E-state index contributed by atoms with van der Waals surface area (Å²) in [4.78, 5) is 12.4. The van der Waals surface area contributed by atoms with E-state index >= 15 is 0 Å². The maximum absolute atomic E-state index is 13.0. The Morgan fingerprint density at radius 1 is 0.969 bits per heavy atom. The predicted molar refractivity (Wildman–Crippen MR) is 114 cm³/mol. The molecule has 10 heteroatoms. The lowest BCUT2D eigenvalue weighted by molar-refractivity contribution is -0.137. The predicted octanol–water partition coefficient (Wildman–Crippen LogP) is 4.79. The van der Waals surface area contributed by atoms with Crippen LogP contribution in [0, 0.1) is 0 Å². The maximum Gasteiger partial charge on any atom is 0.416 e. The molecule has 0 aliphatic carbocycles. The van der Waals surface area contributed by atoms with Crippen molar-refractivity contribution >= 4 is 27.3 Å². The van der Waals surface area contributed by atoms with Gasteiger partial charge in [0.2, 0.25) is 0 Å². The molecule has 0 spiro atoms. The second-order valence-electron chi connectivity index (χ2n) is 6.73. The van der Waals surface area contributed by atoms with Gasteiger partial charge in [-0.15, -0.1) is 0 Å². The van der Waals surface area contributed by atoms with Gasteiger partial charge in [0.25, 0.3) is 15.9 Å². The molecular weight excluding hydrogens is 445 g/mol. The molecule has 0 aliphatic rings. The maximum atomic E-state index is 13.0. The minimum absolute atomic E-state index is 0.0217. The standard InChI is InChI=1S/C22H19F3N2O4S/c1-27(18-9-11-19(31-2)12-10-18)32(29,30)20-8-3-5-15(13-20)21(28)26-17-7-4-6-16(14-17)22(23,24)25/h3-14H,1-2H3,(H,26,28). The molecular formula is C22H19F3N2O4S. The van der Waals surface area contributed by atoms with Gasteiger partial charge in [0, 0.05) is 18.3 Å². The molecule has 0 unspecified atom stereocenters. The van der Waals surface area contributed by atoms with Crippen LogP contribution >= 0.6 is 0 Å². The first kappa shape index (κ1) is 23.1. The molecule has 1 amide bonds. The molecule has 0 fully saturated rings. The van der Waals surface area contributed by atoms with Gasteiger partial charge in [-0.2, -0.15) is 13.2 Å². The van der Waals surface area contributed by atoms with Crippen molar-refractivity contribution in [1.29, 1.82) is 0 Å². The van der Waals surface area contributed by atoms with E-state index in [1.54, 1.807) is 24.3 Å². The number of hydrogen-bond acceptors (Lipinski definition) is 4. The monoisotopic (exact) mass is 464 g/mol. The summed E-state index contributed by atoms with van der Waals surface area (Å²) in [7, 11) is -1.14. The number of methoxy groups -OCH3 is 1. The van der Waals surface area contributed by atoms with Crippen LogP contribution in [0.15, 0.2) is 77.7 Å². The summed E-state index contributed by atoms with van der Waals surface area (Å²) in [6.45, 7) is 0. The Bertz CT molecular complexity index is 1230. The molecule has 0 atom stereocenters. The van der Waals surface area contributed by atoms with Crippen molar-refractivity contribution in [3.05, 3.63) is 83.9 Å². The van der Waals surface area contributed by atoms with Crippen LogP contribution in [0.1, 0.15) is 15.9 Å². The first-order valence-electron chi connectivity index (χ1n) is 9.24. The first-order valence-corrected chi connectivity index (χ1v) is 10.7. The Morgan fingerprint density at radius 3 is 2.25 bits per heavy atom. The Morgan fingerprint density at radius 2 is 1.62 bits per heavy atom. The fourth-order valence-electron chi connectivity index (χ4n) is 2.86. The van der Waals surface area contributed by atoms with Crippen molar-refractivity contribution in [2.75, 3.05) is 23.8 Å². The molecule has 32 heavy (non-hydrogen) atoms. The van der Waals surface area contributed by atoms with Crippen LogP contribution < -0.4 is 14.4 Å². The molecule has 0 heterocycles. The number of carbonyl (C=O) groups excluding carboxylic acids is 1. The minimum Gasteiger partial charge on any atom is -0.497 e. The third-order valence-corrected chi connectivity index (χ3v) is 6.42. The topological polar surface area (TPSA) is 75.7 Å². The van der Waals surface area contributed by atoms with E-state index in [1.807, 2.05) is 0 Å². The number of carbonyl (C=O) groups is 1. The van der Waals surface area contributed by atoms with Crippen LogP contribution in [0.4, 0.5) is 24.5 Å². The molecule has 0 aromatic heterocycles. The summed E-state index contributed by atoms with van der Waals surface area (Å²) in [5.41, 5.74) is -0.614. The van der Waals surface area contributed by atoms with E-state index in [-0.39, 0.29) is 16.1 Å². The summed E-state index contributed by atoms with van der Waals surface area (Å²) >= 11 is 0. The number of benzene rings is 3. The van der Waals surface area contributed by atoms with Gasteiger partial charge in [-0.05, 0) is 60.7 Å². The zero-order valence-electron chi connectivity index (χ0n) is 17.1. The fraction of sp³-hybridized carbons (Fsp3) is 0.136. The zero-order valence-corrected chi connectivity index (χ0v) is 17.9. The lowest BCUT2D eigenvalue weighted by Gasteiger charge is -2.20. The highest BCUT2D eigenvalue weighted by Crippen LogP contribution is 2.31. The van der Waals surface area contributed by atoms with E-state index < -0.39 is 27.7 Å². The van der Waals surface area contributed by atoms with Gasteiger partial charge in [0.15, 0.2) is 0 Å². The van der Waals surface area contributed by atoms with Gasteiger partial charge in [-0.1, -0.05) is 12.1 Å². The Balaban J connectivity index is 1.84. The molecule has 0 bridgehead atoms. The Hall–Kier alpha value is -3.53. The molecule has 3 aromatic carbocycles. The van der Waals surface area contributed by atoms with Crippen LogP contribution in [-0.2, 0) is 16.2 Å². The minimum atomic E-state index is -4.55. The summed E-state index contributed by atoms with van der Waals surface area (Å²) in [6.07, 6.45) is -4.55. The molecule has 0 aliphatic heterocycles. The molecule has 6 nitrogen and oxygen atoms in total. The van der Waals surface area contributed by atoms with Gasteiger partial charge in [-0.3, -0.25) is 9.10 Å². The molecule has 0 saturated heterocycles. The molecule has 1 N–H and O–H groups in total. The van der Waals surface area contributed by atoms with Crippen molar-refractivity contribution in [3.8, 4) is 5.75 Å². The van der Waals surface area contributed by atoms with Crippen molar-refractivity contribution < 1.29 is 31.1 Å². The van der Waals surface area contributed by atoms with Crippen LogP contribution in [0.3, 0.4) is 0 Å². The van der Waals surface area contributed by atoms with Gasteiger partial charge in [0.1, 0.15) is 5.75 Å². The van der Waals surface area contributed by atoms with Crippen molar-refractivity contribution in [1.82, 2.24) is 0 Å². The number of halogens is 3. The van der Waals surface area contributed by atoms with Gasteiger partial charge in [-0.25, -0.2) is 8.42 Å². The number of rotatable bonds is 6. The number of nitrogens with zero attached hydrogens (tertiary/aromatic N) is 1. The molecule has 0 radical (unpaired) electrons. The van der Waals surface area contributed by atoms with E-state index in [0.29, 0.717) is 11.4 Å². The molecule has 168 valence electrons. The lowest BCUT2D eigenvalue weighted by atomic mass is 10.1. The van der Waals surface area contributed by atoms with E-state index in [1.165, 1.54) is 44.5 Å². The van der Waals surface area contributed by atoms with Crippen LogP contribution in [0.25, 0.3) is 0 Å². The van der Waals surface area contributed by atoms with Crippen LogP contribution in [0.2, 0.25) is 0 Å². The van der Waals surface area contributed by atoms with Gasteiger partial charge >= 0.3 is 6.18 Å². The van der Waals surface area contributed by atoms with Crippen molar-refractivity contribution in [3.63, 3.8) is 0 Å². The molecule has 0 saturated carbocycles. The van der Waals surface area contributed by atoms with Gasteiger partial charge < -0.3 is 10.1 Å². The average Bonchev–Trinajstić information content (AvgIpc) is 2.78. The summed E-state index contributed by atoms with van der Waals surface area (Å²) in [5, 5.41) is 2.36.